The van der Waals surface area contributed by atoms with Crippen molar-refractivity contribution in [3.63, 3.8) is 0 Å². The van der Waals surface area contributed by atoms with E-state index in [4.69, 9.17) is 9.72 Å². The molecule has 0 spiro atoms. The highest BCUT2D eigenvalue weighted by molar-refractivity contribution is 7.92. The lowest BCUT2D eigenvalue weighted by atomic mass is 9.92. The molecule has 1 aliphatic heterocycles. The molecule has 12 heteroatoms. The molecule has 48 heavy (non-hydrogen) atoms. The number of aromatic nitrogens is 4. The zero-order valence-electron chi connectivity index (χ0n) is 28.2. The molecule has 2 aliphatic rings. The second-order valence-electron chi connectivity index (χ2n) is 12.8. The summed E-state index contributed by atoms with van der Waals surface area (Å²) in [5.41, 5.74) is 4.25. The standard InChI is InChI=1S/C36H43N7O4S/c1-6-25(7-2)31-22-47-33-18-30(34-23(3)11-8-12-24(34)4)39-36(40-33)41-48(45,46)29-16-9-13-26(17-29)35(44)43(31)21-27-19-37-20-32(38-27)42(5)28-14-10-15-28/h8-9,11-13,16-20,25,28,31H,6-7,10,14-15,21-22H2,1-5H3,(H,39,40,41)/t31-/m0/s1. The van der Waals surface area contributed by atoms with E-state index in [1.165, 1.54) is 18.6 Å². The molecular weight excluding hydrogens is 627 g/mol. The number of rotatable bonds is 8. The molecule has 3 heterocycles. The lowest BCUT2D eigenvalue weighted by Gasteiger charge is -2.37. The largest absolute Gasteiger partial charge is 0.475 e. The number of amides is 1. The van der Waals surface area contributed by atoms with Crippen molar-refractivity contribution < 1.29 is 17.9 Å². The number of fused-ring (bicyclic) bond motifs is 4. The molecule has 1 amide bonds. The molecule has 1 N–H and O–H groups in total. The number of carbonyl (C=O) groups excluding carboxylic acids is 1. The van der Waals surface area contributed by atoms with Crippen LogP contribution >= 0.6 is 0 Å². The summed E-state index contributed by atoms with van der Waals surface area (Å²) in [4.78, 5) is 36.9. The fraction of sp³-hybridized carbons (Fsp3) is 0.417. The number of carbonyl (C=O) groups is 1. The minimum atomic E-state index is -4.17. The monoisotopic (exact) mass is 669 g/mol. The van der Waals surface area contributed by atoms with Crippen LogP contribution in [0.4, 0.5) is 11.8 Å². The number of sulfonamides is 1. The van der Waals surface area contributed by atoms with Gasteiger partial charge in [-0.05, 0) is 68.4 Å². The van der Waals surface area contributed by atoms with E-state index in [1.54, 1.807) is 35.5 Å². The summed E-state index contributed by atoms with van der Waals surface area (Å²) in [7, 11) is -2.13. The van der Waals surface area contributed by atoms with Crippen molar-refractivity contribution >= 4 is 27.7 Å². The van der Waals surface area contributed by atoms with Gasteiger partial charge in [-0.2, -0.15) is 4.98 Å². The van der Waals surface area contributed by atoms with Crippen LogP contribution in [0.5, 0.6) is 5.88 Å². The van der Waals surface area contributed by atoms with Gasteiger partial charge in [0.25, 0.3) is 15.9 Å². The van der Waals surface area contributed by atoms with Crippen LogP contribution < -0.4 is 14.4 Å². The van der Waals surface area contributed by atoms with E-state index in [1.807, 2.05) is 39.1 Å². The number of anilines is 2. The van der Waals surface area contributed by atoms with Crippen molar-refractivity contribution in [2.75, 3.05) is 23.3 Å². The van der Waals surface area contributed by atoms with Gasteiger partial charge in [0.05, 0.1) is 41.3 Å². The molecule has 4 aromatic rings. The van der Waals surface area contributed by atoms with E-state index in [0.717, 1.165) is 48.2 Å². The van der Waals surface area contributed by atoms with Crippen LogP contribution in [-0.2, 0) is 16.6 Å². The van der Waals surface area contributed by atoms with E-state index in [0.29, 0.717) is 17.4 Å². The number of aryl methyl sites for hydroxylation is 2. The van der Waals surface area contributed by atoms with Crippen molar-refractivity contribution in [1.29, 1.82) is 0 Å². The first-order valence-corrected chi connectivity index (χ1v) is 18.1. The summed E-state index contributed by atoms with van der Waals surface area (Å²) < 4.78 is 36.4. The Labute approximate surface area is 282 Å². The SMILES string of the molecule is CCC(CC)[C@@H]1COc2cc(-c3c(C)cccc3C)nc(n2)NS(=O)(=O)c2cccc(c2)C(=O)N1Cc1cncc(N(C)C2CCC2)n1. The maximum atomic E-state index is 14.5. The Morgan fingerprint density at radius 1 is 1.00 bits per heavy atom. The number of hydrogen-bond donors (Lipinski definition) is 1. The van der Waals surface area contributed by atoms with Crippen LogP contribution in [0.15, 0.2) is 65.8 Å². The van der Waals surface area contributed by atoms with E-state index in [2.05, 4.69) is 38.4 Å². The maximum absolute atomic E-state index is 14.5. The molecule has 1 aliphatic carbocycles. The third-order valence-corrected chi connectivity index (χ3v) is 11.0. The zero-order valence-corrected chi connectivity index (χ0v) is 29.0. The molecular formula is C36H43N7O4S. The van der Waals surface area contributed by atoms with Crippen molar-refractivity contribution in [3.05, 3.63) is 83.3 Å². The Balaban J connectivity index is 1.47. The van der Waals surface area contributed by atoms with Crippen LogP contribution in [0.3, 0.4) is 0 Å². The summed E-state index contributed by atoms with van der Waals surface area (Å²) in [5, 5.41) is 0. The van der Waals surface area contributed by atoms with E-state index in [9.17, 15) is 13.2 Å². The number of hydrogen-bond acceptors (Lipinski definition) is 9. The summed E-state index contributed by atoms with van der Waals surface area (Å²) in [6, 6.07) is 13.8. The Morgan fingerprint density at radius 3 is 2.42 bits per heavy atom. The normalized spacial score (nSPS) is 17.8. The second kappa shape index (κ2) is 13.9. The topological polar surface area (TPSA) is 131 Å². The molecule has 11 nitrogen and oxygen atoms in total. The molecule has 252 valence electrons. The number of benzene rings is 2. The molecule has 6 rings (SSSR count). The highest BCUT2D eigenvalue weighted by Crippen LogP contribution is 2.32. The van der Waals surface area contributed by atoms with Gasteiger partial charge in [-0.3, -0.25) is 9.78 Å². The summed E-state index contributed by atoms with van der Waals surface area (Å²) in [5.74, 6) is 0.605. The molecule has 1 atom stereocenters. The van der Waals surface area contributed by atoms with Crippen LogP contribution in [0.25, 0.3) is 11.3 Å². The average Bonchev–Trinajstić information content (AvgIpc) is 3.04. The second-order valence-corrected chi connectivity index (χ2v) is 14.4. The molecule has 2 aromatic carbocycles. The summed E-state index contributed by atoms with van der Waals surface area (Å²) in [6.45, 7) is 8.47. The predicted molar refractivity (Wildman–Crippen MR) is 185 cm³/mol. The Hall–Kier alpha value is -4.58. The minimum absolute atomic E-state index is 0.0669. The van der Waals surface area contributed by atoms with Gasteiger partial charge < -0.3 is 14.5 Å². The lowest BCUT2D eigenvalue weighted by molar-refractivity contribution is 0.0455. The average molecular weight is 670 g/mol. The fourth-order valence-electron chi connectivity index (χ4n) is 6.63. The maximum Gasteiger partial charge on any atom is 0.264 e. The van der Waals surface area contributed by atoms with E-state index in [-0.39, 0.29) is 47.3 Å². The third kappa shape index (κ3) is 6.85. The first-order valence-electron chi connectivity index (χ1n) is 16.6. The molecule has 0 unspecified atom stereocenters. The fourth-order valence-corrected chi connectivity index (χ4v) is 7.62. The van der Waals surface area contributed by atoms with Gasteiger partial charge in [0, 0.05) is 30.3 Å². The zero-order chi connectivity index (χ0) is 34.0. The molecule has 1 fully saturated rings. The number of nitrogens with one attached hydrogen (secondary N) is 1. The Kier molecular flexibility index (Phi) is 9.63. The smallest absolute Gasteiger partial charge is 0.264 e. The van der Waals surface area contributed by atoms with Crippen LogP contribution in [0.2, 0.25) is 0 Å². The quantitative estimate of drug-likeness (QED) is 0.234. The first kappa shape index (κ1) is 33.3. The number of nitrogens with zero attached hydrogens (tertiary/aromatic N) is 6. The predicted octanol–water partition coefficient (Wildman–Crippen LogP) is 6.18. The van der Waals surface area contributed by atoms with Gasteiger partial charge in [-0.1, -0.05) is 51.0 Å². The van der Waals surface area contributed by atoms with Crippen LogP contribution in [-0.4, -0.2) is 64.9 Å². The molecule has 4 bridgehead atoms. The first-order chi connectivity index (χ1) is 23.1. The van der Waals surface area contributed by atoms with Gasteiger partial charge in [0.2, 0.25) is 11.8 Å². The Morgan fingerprint density at radius 2 is 1.73 bits per heavy atom. The highest BCUT2D eigenvalue weighted by Gasteiger charge is 2.33. The van der Waals surface area contributed by atoms with E-state index >= 15 is 0 Å². The minimum Gasteiger partial charge on any atom is -0.475 e. The van der Waals surface area contributed by atoms with Crippen molar-refractivity contribution in [2.24, 2.45) is 5.92 Å². The molecule has 1 saturated carbocycles. The highest BCUT2D eigenvalue weighted by atomic mass is 32.2. The molecule has 0 saturated heterocycles. The summed E-state index contributed by atoms with van der Waals surface area (Å²) >= 11 is 0. The van der Waals surface area contributed by atoms with Gasteiger partial charge in [-0.25, -0.2) is 23.1 Å². The van der Waals surface area contributed by atoms with Crippen molar-refractivity contribution in [1.82, 2.24) is 24.8 Å². The summed E-state index contributed by atoms with van der Waals surface area (Å²) in [6.07, 6.45) is 8.47. The van der Waals surface area contributed by atoms with Crippen molar-refractivity contribution in [3.8, 4) is 17.1 Å². The van der Waals surface area contributed by atoms with Gasteiger partial charge >= 0.3 is 0 Å². The molecule has 0 radical (unpaired) electrons. The van der Waals surface area contributed by atoms with Crippen molar-refractivity contribution in [2.45, 2.75) is 83.3 Å². The van der Waals surface area contributed by atoms with E-state index < -0.39 is 16.1 Å². The lowest BCUT2D eigenvalue weighted by Crippen LogP contribution is -2.47. The number of ether oxygens (including phenoxy) is 1. The van der Waals surface area contributed by atoms with Crippen LogP contribution in [0, 0.1) is 19.8 Å². The van der Waals surface area contributed by atoms with Crippen LogP contribution in [0.1, 0.15) is 73.1 Å². The third-order valence-electron chi connectivity index (χ3n) is 9.70. The van der Waals surface area contributed by atoms with Gasteiger partial charge in [-0.15, -0.1) is 0 Å². The van der Waals surface area contributed by atoms with Gasteiger partial charge in [0.15, 0.2) is 0 Å². The molecule has 2 aromatic heterocycles. The van der Waals surface area contributed by atoms with Gasteiger partial charge in [0.1, 0.15) is 12.4 Å². The Bertz CT molecular complexity index is 1890.